The molecule has 0 radical (unpaired) electrons. The molecule has 0 bridgehead atoms. The Hall–Kier alpha value is -2.46. The lowest BCUT2D eigenvalue weighted by Crippen LogP contribution is -2.00. The van der Waals surface area contributed by atoms with Gasteiger partial charge in [0.05, 0.1) is 12.1 Å². The lowest BCUT2D eigenvalue weighted by molar-refractivity contribution is 0.104. The van der Waals surface area contributed by atoms with Crippen molar-refractivity contribution in [2.24, 2.45) is 0 Å². The number of hydrogen-bond donors (Lipinski definition) is 0. The number of rotatable bonds is 7. The van der Waals surface area contributed by atoms with Crippen molar-refractivity contribution in [2.45, 2.75) is 6.61 Å². The molecule has 3 rings (SSSR count). The molecule has 0 atom stereocenters. The lowest BCUT2D eigenvalue weighted by Gasteiger charge is -2.14. The average molecular weight is 448 g/mol. The predicted octanol–water partition coefficient (Wildman–Crippen LogP) is 7.13. The summed E-state index contributed by atoms with van der Waals surface area (Å²) in [7, 11) is 1.52. The SMILES string of the molecule is COc1cc(/C=C/C(=O)c2ccccc2)cc(Cl)c1OCc1ccc(Cl)cc1Cl. The van der Waals surface area contributed by atoms with Crippen LogP contribution < -0.4 is 9.47 Å². The molecule has 3 aromatic carbocycles. The van der Waals surface area contributed by atoms with Crippen LogP contribution in [0.4, 0.5) is 0 Å². The highest BCUT2D eigenvalue weighted by atomic mass is 35.5. The second kappa shape index (κ2) is 9.84. The monoisotopic (exact) mass is 446 g/mol. The zero-order chi connectivity index (χ0) is 20.8. The van der Waals surface area contributed by atoms with Gasteiger partial charge < -0.3 is 9.47 Å². The Balaban J connectivity index is 1.78. The molecule has 0 amide bonds. The maximum atomic E-state index is 12.2. The Morgan fingerprint density at radius 3 is 2.41 bits per heavy atom. The van der Waals surface area contributed by atoms with Gasteiger partial charge in [0.15, 0.2) is 17.3 Å². The molecular weight excluding hydrogens is 431 g/mol. The van der Waals surface area contributed by atoms with Gasteiger partial charge in [0, 0.05) is 21.2 Å². The minimum atomic E-state index is -0.0987. The van der Waals surface area contributed by atoms with Gasteiger partial charge >= 0.3 is 0 Å². The summed E-state index contributed by atoms with van der Waals surface area (Å²) < 4.78 is 11.3. The number of methoxy groups -OCH3 is 1. The molecule has 29 heavy (non-hydrogen) atoms. The summed E-state index contributed by atoms with van der Waals surface area (Å²) in [6.45, 7) is 0.202. The molecule has 0 N–H and O–H groups in total. The summed E-state index contributed by atoms with van der Waals surface area (Å²) in [6, 6.07) is 17.7. The van der Waals surface area contributed by atoms with Gasteiger partial charge in [0.2, 0.25) is 0 Å². The third-order valence-electron chi connectivity index (χ3n) is 4.12. The second-order valence-electron chi connectivity index (χ2n) is 6.12. The Morgan fingerprint density at radius 2 is 1.72 bits per heavy atom. The van der Waals surface area contributed by atoms with Crippen LogP contribution >= 0.6 is 34.8 Å². The largest absolute Gasteiger partial charge is 0.493 e. The maximum absolute atomic E-state index is 12.2. The first-order valence-electron chi connectivity index (χ1n) is 8.69. The predicted molar refractivity (Wildman–Crippen MR) is 119 cm³/mol. The number of carbonyl (C=O) groups is 1. The number of hydrogen-bond acceptors (Lipinski definition) is 3. The quantitative estimate of drug-likeness (QED) is 0.285. The third kappa shape index (κ3) is 5.54. The van der Waals surface area contributed by atoms with Crippen LogP contribution in [0, 0.1) is 0 Å². The molecule has 0 aliphatic heterocycles. The van der Waals surface area contributed by atoms with Crippen LogP contribution in [0.2, 0.25) is 15.1 Å². The van der Waals surface area contributed by atoms with E-state index in [1.165, 1.54) is 13.2 Å². The summed E-state index contributed by atoms with van der Waals surface area (Å²) >= 11 is 18.5. The van der Waals surface area contributed by atoms with Gasteiger partial charge in [-0.2, -0.15) is 0 Å². The van der Waals surface area contributed by atoms with E-state index in [4.69, 9.17) is 44.3 Å². The van der Waals surface area contributed by atoms with Crippen molar-refractivity contribution < 1.29 is 14.3 Å². The highest BCUT2D eigenvalue weighted by molar-refractivity contribution is 6.35. The van der Waals surface area contributed by atoms with E-state index in [1.54, 1.807) is 48.5 Å². The molecule has 0 fully saturated rings. The van der Waals surface area contributed by atoms with Crippen LogP contribution in [-0.2, 0) is 6.61 Å². The second-order valence-corrected chi connectivity index (χ2v) is 7.37. The molecule has 0 saturated heterocycles. The van der Waals surface area contributed by atoms with E-state index in [1.807, 2.05) is 18.2 Å². The van der Waals surface area contributed by atoms with Crippen molar-refractivity contribution in [3.63, 3.8) is 0 Å². The summed E-state index contributed by atoms with van der Waals surface area (Å²) in [4.78, 5) is 12.2. The van der Waals surface area contributed by atoms with Crippen molar-refractivity contribution in [3.05, 3.63) is 98.5 Å². The molecule has 0 aromatic heterocycles. The molecule has 3 nitrogen and oxygen atoms in total. The van der Waals surface area contributed by atoms with Crippen LogP contribution in [0.1, 0.15) is 21.5 Å². The number of ether oxygens (including phenoxy) is 2. The Bertz CT molecular complexity index is 1050. The summed E-state index contributed by atoms with van der Waals surface area (Å²) in [5, 5.41) is 1.42. The first kappa shape index (κ1) is 21.3. The fourth-order valence-corrected chi connectivity index (χ4v) is 3.37. The Labute approximate surface area is 184 Å². The average Bonchev–Trinajstić information content (AvgIpc) is 2.72. The highest BCUT2D eigenvalue weighted by Crippen LogP contribution is 2.37. The van der Waals surface area contributed by atoms with E-state index >= 15 is 0 Å². The van der Waals surface area contributed by atoms with E-state index in [2.05, 4.69) is 0 Å². The van der Waals surface area contributed by atoms with Crippen molar-refractivity contribution in [2.75, 3.05) is 7.11 Å². The van der Waals surface area contributed by atoms with Gasteiger partial charge in [-0.3, -0.25) is 4.79 Å². The number of halogens is 3. The fourth-order valence-electron chi connectivity index (χ4n) is 2.64. The molecular formula is C23H17Cl3O3. The van der Waals surface area contributed by atoms with Crippen molar-refractivity contribution in [1.29, 1.82) is 0 Å². The van der Waals surface area contributed by atoms with Gasteiger partial charge in [0.25, 0.3) is 0 Å². The van der Waals surface area contributed by atoms with Crippen LogP contribution in [0.3, 0.4) is 0 Å². The van der Waals surface area contributed by atoms with E-state index < -0.39 is 0 Å². The molecule has 0 heterocycles. The first-order valence-corrected chi connectivity index (χ1v) is 9.83. The molecule has 0 saturated carbocycles. The van der Waals surface area contributed by atoms with E-state index in [0.29, 0.717) is 37.7 Å². The topological polar surface area (TPSA) is 35.5 Å². The number of allylic oxidation sites excluding steroid dienone is 1. The zero-order valence-electron chi connectivity index (χ0n) is 15.5. The highest BCUT2D eigenvalue weighted by Gasteiger charge is 2.13. The minimum Gasteiger partial charge on any atom is -0.493 e. The van der Waals surface area contributed by atoms with E-state index in [9.17, 15) is 4.79 Å². The fraction of sp³-hybridized carbons (Fsp3) is 0.0870. The van der Waals surface area contributed by atoms with Gasteiger partial charge in [-0.15, -0.1) is 0 Å². The van der Waals surface area contributed by atoms with E-state index in [0.717, 1.165) is 5.56 Å². The van der Waals surface area contributed by atoms with Gasteiger partial charge in [-0.1, -0.05) is 77.3 Å². The van der Waals surface area contributed by atoms with Gasteiger partial charge in [-0.05, 0) is 35.9 Å². The van der Waals surface area contributed by atoms with Crippen LogP contribution in [0.15, 0.2) is 66.7 Å². The van der Waals surface area contributed by atoms with Gasteiger partial charge in [-0.25, -0.2) is 0 Å². The summed E-state index contributed by atoms with van der Waals surface area (Å²) in [6.07, 6.45) is 3.18. The molecule has 0 aliphatic rings. The number of benzene rings is 3. The molecule has 0 aliphatic carbocycles. The van der Waals surface area contributed by atoms with Crippen LogP contribution in [0.25, 0.3) is 6.08 Å². The first-order chi connectivity index (χ1) is 14.0. The molecule has 0 unspecified atom stereocenters. The Kier molecular flexibility index (Phi) is 7.21. The minimum absolute atomic E-state index is 0.0987. The summed E-state index contributed by atoms with van der Waals surface area (Å²) in [5.74, 6) is 0.750. The summed E-state index contributed by atoms with van der Waals surface area (Å²) in [5.41, 5.74) is 2.10. The van der Waals surface area contributed by atoms with Crippen LogP contribution in [0.5, 0.6) is 11.5 Å². The lowest BCUT2D eigenvalue weighted by atomic mass is 10.1. The number of carbonyl (C=O) groups excluding carboxylic acids is 1. The molecule has 3 aromatic rings. The Morgan fingerprint density at radius 1 is 0.966 bits per heavy atom. The van der Waals surface area contributed by atoms with Crippen molar-refractivity contribution in [1.82, 2.24) is 0 Å². The van der Waals surface area contributed by atoms with Gasteiger partial charge in [0.1, 0.15) is 6.61 Å². The van der Waals surface area contributed by atoms with Crippen molar-refractivity contribution >= 4 is 46.7 Å². The third-order valence-corrected chi connectivity index (χ3v) is 4.99. The molecule has 6 heteroatoms. The van der Waals surface area contributed by atoms with Crippen LogP contribution in [-0.4, -0.2) is 12.9 Å². The van der Waals surface area contributed by atoms with E-state index in [-0.39, 0.29) is 12.4 Å². The number of ketones is 1. The molecule has 0 spiro atoms. The maximum Gasteiger partial charge on any atom is 0.185 e. The smallest absolute Gasteiger partial charge is 0.185 e. The zero-order valence-corrected chi connectivity index (χ0v) is 17.8. The molecule has 148 valence electrons. The standard InChI is InChI=1S/C23H17Cl3O3/c1-28-22-12-15(7-10-21(27)16-5-3-2-4-6-16)11-20(26)23(22)29-14-17-8-9-18(24)13-19(17)25/h2-13H,14H2,1H3/b10-7+. The normalized spacial score (nSPS) is 10.9. The van der Waals surface area contributed by atoms with Crippen molar-refractivity contribution in [3.8, 4) is 11.5 Å².